The van der Waals surface area contributed by atoms with Gasteiger partial charge in [-0.3, -0.25) is 9.59 Å². The molecule has 0 spiro atoms. The van der Waals surface area contributed by atoms with Crippen molar-refractivity contribution in [2.45, 2.75) is 6.42 Å². The molecule has 0 aromatic rings. The fourth-order valence-electron chi connectivity index (χ4n) is 0.477. The van der Waals surface area contributed by atoms with E-state index in [4.69, 9.17) is 5.73 Å². The first kappa shape index (κ1) is 9.90. The number of rotatable bonds is 4. The fourth-order valence-corrected chi connectivity index (χ4v) is 0.477. The van der Waals surface area contributed by atoms with Gasteiger partial charge in [0, 0.05) is 13.1 Å². The van der Waals surface area contributed by atoms with Crippen molar-refractivity contribution in [3.8, 4) is 0 Å². The fraction of sp³-hybridized carbons (Fsp3) is 0.667. The van der Waals surface area contributed by atoms with Crippen molar-refractivity contribution in [1.29, 1.82) is 0 Å². The highest BCUT2D eigenvalue weighted by Gasteiger charge is 2.07. The Hall–Kier alpha value is -1.10. The van der Waals surface area contributed by atoms with Gasteiger partial charge in [-0.15, -0.1) is 0 Å². The molecule has 0 atom stereocenters. The lowest BCUT2D eigenvalue weighted by Crippen LogP contribution is -2.30. The van der Waals surface area contributed by atoms with Crippen LogP contribution in [0.4, 0.5) is 0 Å². The zero-order chi connectivity index (χ0) is 8.69. The van der Waals surface area contributed by atoms with Gasteiger partial charge in [-0.2, -0.15) is 0 Å². The third-order valence-corrected chi connectivity index (χ3v) is 0.999. The van der Waals surface area contributed by atoms with Crippen LogP contribution >= 0.6 is 0 Å². The Morgan fingerprint density at radius 1 is 1.55 bits per heavy atom. The van der Waals surface area contributed by atoms with Crippen LogP contribution in [0.5, 0.6) is 0 Å². The number of nitrogens with one attached hydrogen (secondary N) is 1. The van der Waals surface area contributed by atoms with Crippen LogP contribution in [0.15, 0.2) is 0 Å². The Kier molecular flexibility index (Phi) is 5.10. The van der Waals surface area contributed by atoms with Crippen LogP contribution in [-0.4, -0.2) is 32.1 Å². The van der Waals surface area contributed by atoms with Crippen molar-refractivity contribution in [3.05, 3.63) is 0 Å². The predicted molar refractivity (Wildman–Crippen MR) is 38.7 cm³/mol. The molecule has 0 aliphatic heterocycles. The molecule has 0 aliphatic rings. The first-order valence-electron chi connectivity index (χ1n) is 3.24. The number of carbonyl (C=O) groups is 2. The van der Waals surface area contributed by atoms with Crippen molar-refractivity contribution >= 4 is 11.9 Å². The van der Waals surface area contributed by atoms with Gasteiger partial charge < -0.3 is 15.8 Å². The summed E-state index contributed by atoms with van der Waals surface area (Å²) in [5.41, 5.74) is 5.11. The second kappa shape index (κ2) is 5.67. The predicted octanol–water partition coefficient (Wildman–Crippen LogP) is -1.38. The molecular formula is C6H12N2O3. The molecule has 0 bridgehead atoms. The summed E-state index contributed by atoms with van der Waals surface area (Å²) < 4.78 is 4.27. The largest absolute Gasteiger partial charge is 0.469 e. The molecule has 5 heteroatoms. The summed E-state index contributed by atoms with van der Waals surface area (Å²) in [7, 11) is 1.23. The van der Waals surface area contributed by atoms with Gasteiger partial charge in [-0.25, -0.2) is 0 Å². The van der Waals surface area contributed by atoms with Crippen LogP contribution < -0.4 is 11.1 Å². The van der Waals surface area contributed by atoms with Crippen LogP contribution in [0.25, 0.3) is 0 Å². The molecule has 0 heterocycles. The van der Waals surface area contributed by atoms with Gasteiger partial charge >= 0.3 is 5.97 Å². The Bertz CT molecular complexity index is 147. The van der Waals surface area contributed by atoms with E-state index in [1.54, 1.807) is 0 Å². The summed E-state index contributed by atoms with van der Waals surface area (Å²) in [5.74, 6) is -0.901. The molecule has 5 nitrogen and oxygen atoms in total. The highest BCUT2D eigenvalue weighted by atomic mass is 16.5. The van der Waals surface area contributed by atoms with Gasteiger partial charge in [0.25, 0.3) is 0 Å². The van der Waals surface area contributed by atoms with Crippen LogP contribution in [0.3, 0.4) is 0 Å². The molecule has 0 aromatic carbocycles. The van der Waals surface area contributed by atoms with Crippen LogP contribution in [-0.2, 0) is 14.3 Å². The average Bonchev–Trinajstić information content (AvgIpc) is 2.00. The second-order valence-corrected chi connectivity index (χ2v) is 1.89. The van der Waals surface area contributed by atoms with E-state index in [0.29, 0.717) is 13.1 Å². The van der Waals surface area contributed by atoms with E-state index in [-0.39, 0.29) is 12.3 Å². The maximum absolute atomic E-state index is 10.7. The van der Waals surface area contributed by atoms with Crippen molar-refractivity contribution in [3.63, 3.8) is 0 Å². The lowest BCUT2D eigenvalue weighted by molar-refractivity contribution is -0.143. The standard InChI is InChI=1S/C6H12N2O3/c1-11-6(10)4-5(9)8-3-2-7/h2-4,7H2,1H3,(H,8,9). The number of carbonyl (C=O) groups excluding carboxylic acids is 2. The Morgan fingerprint density at radius 2 is 2.18 bits per heavy atom. The number of ether oxygens (including phenoxy) is 1. The minimum atomic E-state index is -0.542. The van der Waals surface area contributed by atoms with Crippen LogP contribution in [0.2, 0.25) is 0 Å². The highest BCUT2D eigenvalue weighted by molar-refractivity contribution is 5.94. The summed E-state index contributed by atoms with van der Waals surface area (Å²) >= 11 is 0. The van der Waals surface area contributed by atoms with E-state index in [9.17, 15) is 9.59 Å². The molecule has 11 heavy (non-hydrogen) atoms. The lowest BCUT2D eigenvalue weighted by Gasteiger charge is -2.00. The molecule has 0 unspecified atom stereocenters. The zero-order valence-corrected chi connectivity index (χ0v) is 6.42. The van der Waals surface area contributed by atoms with Gasteiger partial charge in [0.15, 0.2) is 0 Å². The topological polar surface area (TPSA) is 81.4 Å². The van der Waals surface area contributed by atoms with E-state index in [1.807, 2.05) is 0 Å². The lowest BCUT2D eigenvalue weighted by atomic mass is 10.4. The van der Waals surface area contributed by atoms with Gasteiger partial charge in [0.1, 0.15) is 6.42 Å². The number of amides is 1. The SMILES string of the molecule is COC(=O)CC(=O)NCCN. The molecule has 3 N–H and O–H groups in total. The minimum absolute atomic E-state index is 0.240. The quantitative estimate of drug-likeness (QED) is 0.392. The normalized spacial score (nSPS) is 8.91. The maximum Gasteiger partial charge on any atom is 0.315 e. The molecule has 0 saturated carbocycles. The Labute approximate surface area is 64.9 Å². The monoisotopic (exact) mass is 160 g/mol. The molecule has 0 saturated heterocycles. The average molecular weight is 160 g/mol. The minimum Gasteiger partial charge on any atom is -0.469 e. The molecule has 64 valence electrons. The molecule has 0 rings (SSSR count). The first-order valence-corrected chi connectivity index (χ1v) is 3.24. The molecule has 0 aliphatic carbocycles. The van der Waals surface area contributed by atoms with E-state index < -0.39 is 5.97 Å². The van der Waals surface area contributed by atoms with E-state index in [2.05, 4.69) is 10.1 Å². The Morgan fingerprint density at radius 3 is 2.64 bits per heavy atom. The summed E-state index contributed by atoms with van der Waals surface area (Å²) in [5, 5.41) is 2.43. The van der Waals surface area contributed by atoms with Gasteiger partial charge in [-0.1, -0.05) is 0 Å². The smallest absolute Gasteiger partial charge is 0.315 e. The number of esters is 1. The molecule has 0 radical (unpaired) electrons. The zero-order valence-electron chi connectivity index (χ0n) is 6.42. The van der Waals surface area contributed by atoms with Crippen molar-refractivity contribution in [1.82, 2.24) is 5.32 Å². The second-order valence-electron chi connectivity index (χ2n) is 1.89. The molecule has 1 amide bonds. The van der Waals surface area contributed by atoms with Gasteiger partial charge in [0.2, 0.25) is 5.91 Å². The molecule has 0 aromatic heterocycles. The van der Waals surface area contributed by atoms with Crippen molar-refractivity contribution in [2.24, 2.45) is 5.73 Å². The van der Waals surface area contributed by atoms with Gasteiger partial charge in [0.05, 0.1) is 7.11 Å². The number of methoxy groups -OCH3 is 1. The highest BCUT2D eigenvalue weighted by Crippen LogP contribution is 1.82. The summed E-state index contributed by atoms with van der Waals surface area (Å²) in [4.78, 5) is 21.2. The van der Waals surface area contributed by atoms with Crippen LogP contribution in [0, 0.1) is 0 Å². The number of hydrogen-bond acceptors (Lipinski definition) is 4. The summed E-state index contributed by atoms with van der Waals surface area (Å²) in [6, 6.07) is 0. The summed E-state index contributed by atoms with van der Waals surface area (Å²) in [6.45, 7) is 0.753. The third kappa shape index (κ3) is 5.35. The molecule has 0 fully saturated rings. The number of hydrogen-bond donors (Lipinski definition) is 2. The summed E-state index contributed by atoms with van der Waals surface area (Å²) in [6.07, 6.45) is -0.240. The van der Waals surface area contributed by atoms with Gasteiger partial charge in [-0.05, 0) is 0 Å². The van der Waals surface area contributed by atoms with E-state index in [1.165, 1.54) is 7.11 Å². The van der Waals surface area contributed by atoms with Crippen molar-refractivity contribution in [2.75, 3.05) is 20.2 Å². The van der Waals surface area contributed by atoms with E-state index >= 15 is 0 Å². The maximum atomic E-state index is 10.7. The number of nitrogens with two attached hydrogens (primary N) is 1. The Balaban J connectivity index is 3.44. The van der Waals surface area contributed by atoms with Crippen molar-refractivity contribution < 1.29 is 14.3 Å². The molecular weight excluding hydrogens is 148 g/mol. The van der Waals surface area contributed by atoms with Crippen LogP contribution in [0.1, 0.15) is 6.42 Å². The van der Waals surface area contributed by atoms with E-state index in [0.717, 1.165) is 0 Å². The first-order chi connectivity index (χ1) is 5.20. The third-order valence-electron chi connectivity index (χ3n) is 0.999.